The highest BCUT2D eigenvalue weighted by molar-refractivity contribution is 6.31. The summed E-state index contributed by atoms with van der Waals surface area (Å²) in [5.74, 6) is -1.13. The van der Waals surface area contributed by atoms with E-state index < -0.39 is 11.7 Å². The van der Waals surface area contributed by atoms with Gasteiger partial charge in [-0.05, 0) is 30.3 Å². The number of hydrogen-bond acceptors (Lipinski definition) is 3. The molecule has 20 heavy (non-hydrogen) atoms. The highest BCUT2D eigenvalue weighted by atomic mass is 35.5. The maximum atomic E-state index is 13.3. The van der Waals surface area contributed by atoms with Crippen molar-refractivity contribution in [2.24, 2.45) is 11.5 Å². The third-order valence-corrected chi connectivity index (χ3v) is 3.19. The molecule has 4 nitrogen and oxygen atoms in total. The molecule has 0 aliphatic heterocycles. The zero-order chi connectivity index (χ0) is 14.7. The van der Waals surface area contributed by atoms with Gasteiger partial charge in [0.1, 0.15) is 5.82 Å². The summed E-state index contributed by atoms with van der Waals surface area (Å²) in [5.41, 5.74) is 12.7. The molecule has 0 aromatic heterocycles. The molecule has 6 heteroatoms. The van der Waals surface area contributed by atoms with Crippen LogP contribution in [0.25, 0.3) is 0 Å². The Morgan fingerprint density at radius 3 is 2.65 bits per heavy atom. The Morgan fingerprint density at radius 1 is 1.25 bits per heavy atom. The van der Waals surface area contributed by atoms with Gasteiger partial charge in [-0.2, -0.15) is 0 Å². The lowest BCUT2D eigenvalue weighted by Crippen LogP contribution is -2.14. The van der Waals surface area contributed by atoms with Gasteiger partial charge in [-0.15, -0.1) is 0 Å². The Kier molecular flexibility index (Phi) is 4.22. The molecule has 0 saturated carbocycles. The number of nitrogens with two attached hydrogens (primary N) is 2. The molecule has 0 aliphatic rings. The number of benzene rings is 2. The second kappa shape index (κ2) is 5.90. The minimum Gasteiger partial charge on any atom is -0.366 e. The van der Waals surface area contributed by atoms with E-state index in [1.165, 1.54) is 18.2 Å². The number of carbonyl (C=O) groups is 1. The van der Waals surface area contributed by atoms with Crippen LogP contribution in [-0.4, -0.2) is 5.91 Å². The van der Waals surface area contributed by atoms with Crippen LogP contribution in [0.1, 0.15) is 15.9 Å². The van der Waals surface area contributed by atoms with Crippen molar-refractivity contribution < 1.29 is 9.18 Å². The normalized spacial score (nSPS) is 10.3. The molecule has 0 fully saturated rings. The molecule has 0 spiro atoms. The van der Waals surface area contributed by atoms with E-state index in [1.54, 1.807) is 18.2 Å². The number of rotatable bonds is 4. The van der Waals surface area contributed by atoms with Gasteiger partial charge < -0.3 is 16.8 Å². The van der Waals surface area contributed by atoms with Crippen molar-refractivity contribution in [1.29, 1.82) is 0 Å². The molecule has 0 bridgehead atoms. The van der Waals surface area contributed by atoms with Crippen LogP contribution >= 0.6 is 11.6 Å². The number of anilines is 2. The lowest BCUT2D eigenvalue weighted by molar-refractivity contribution is 0.100. The van der Waals surface area contributed by atoms with E-state index in [9.17, 15) is 9.18 Å². The first-order valence-electron chi connectivity index (χ1n) is 5.86. The number of amides is 1. The molecule has 5 N–H and O–H groups in total. The van der Waals surface area contributed by atoms with Gasteiger partial charge in [-0.25, -0.2) is 4.39 Å². The second-order valence-corrected chi connectivity index (χ2v) is 4.56. The van der Waals surface area contributed by atoms with E-state index in [0.717, 1.165) is 0 Å². The summed E-state index contributed by atoms with van der Waals surface area (Å²) in [7, 11) is 0. The zero-order valence-electron chi connectivity index (χ0n) is 10.5. The topological polar surface area (TPSA) is 81.1 Å². The standard InChI is InChI=1S/C14H13ClFN3O/c15-11-2-1-3-12(10(11)7-17)19-13-6-8(16)4-5-9(13)14(18)20/h1-6,19H,7,17H2,(H2,18,20). The first kappa shape index (κ1) is 14.3. The fraction of sp³-hybridized carbons (Fsp3) is 0.0714. The van der Waals surface area contributed by atoms with Crippen LogP contribution in [0.3, 0.4) is 0 Å². The fourth-order valence-corrected chi connectivity index (χ4v) is 2.11. The third-order valence-electron chi connectivity index (χ3n) is 2.84. The Hall–Kier alpha value is -2.11. The van der Waals surface area contributed by atoms with Gasteiger partial charge in [0.15, 0.2) is 0 Å². The maximum absolute atomic E-state index is 13.3. The molecule has 2 rings (SSSR count). The summed E-state index contributed by atoms with van der Waals surface area (Å²) in [6.07, 6.45) is 0. The predicted molar refractivity (Wildman–Crippen MR) is 77.5 cm³/mol. The van der Waals surface area contributed by atoms with Gasteiger partial charge in [0.05, 0.1) is 11.3 Å². The summed E-state index contributed by atoms with van der Waals surface area (Å²) in [4.78, 5) is 11.4. The van der Waals surface area contributed by atoms with Crippen molar-refractivity contribution >= 4 is 28.9 Å². The van der Waals surface area contributed by atoms with Crippen LogP contribution < -0.4 is 16.8 Å². The zero-order valence-corrected chi connectivity index (χ0v) is 11.2. The number of halogens is 2. The Balaban J connectivity index is 2.47. The summed E-state index contributed by atoms with van der Waals surface area (Å²) < 4.78 is 13.3. The summed E-state index contributed by atoms with van der Waals surface area (Å²) in [5, 5.41) is 3.44. The van der Waals surface area contributed by atoms with Gasteiger partial charge in [-0.1, -0.05) is 17.7 Å². The Bertz CT molecular complexity index is 661. The smallest absolute Gasteiger partial charge is 0.250 e. The lowest BCUT2D eigenvalue weighted by Gasteiger charge is -2.14. The Morgan fingerprint density at radius 2 is 2.00 bits per heavy atom. The lowest BCUT2D eigenvalue weighted by atomic mass is 10.1. The number of carbonyl (C=O) groups excluding carboxylic acids is 1. The summed E-state index contributed by atoms with van der Waals surface area (Å²) in [6, 6.07) is 8.87. The number of hydrogen-bond donors (Lipinski definition) is 3. The summed E-state index contributed by atoms with van der Waals surface area (Å²) in [6.45, 7) is 0.212. The maximum Gasteiger partial charge on any atom is 0.250 e. The van der Waals surface area contributed by atoms with Crippen molar-refractivity contribution in [2.45, 2.75) is 6.54 Å². The first-order valence-corrected chi connectivity index (χ1v) is 6.24. The average Bonchev–Trinajstić information content (AvgIpc) is 2.38. The molecule has 0 radical (unpaired) electrons. The quantitative estimate of drug-likeness (QED) is 0.811. The third kappa shape index (κ3) is 2.89. The van der Waals surface area contributed by atoms with E-state index in [-0.39, 0.29) is 17.8 Å². The van der Waals surface area contributed by atoms with E-state index in [1.807, 2.05) is 0 Å². The van der Waals surface area contributed by atoms with Crippen LogP contribution in [0.15, 0.2) is 36.4 Å². The second-order valence-electron chi connectivity index (χ2n) is 4.15. The molecular weight excluding hydrogens is 281 g/mol. The highest BCUT2D eigenvalue weighted by Crippen LogP contribution is 2.28. The highest BCUT2D eigenvalue weighted by Gasteiger charge is 2.12. The van der Waals surface area contributed by atoms with Gasteiger partial charge >= 0.3 is 0 Å². The van der Waals surface area contributed by atoms with Crippen molar-refractivity contribution in [1.82, 2.24) is 0 Å². The van der Waals surface area contributed by atoms with Crippen molar-refractivity contribution in [3.63, 3.8) is 0 Å². The van der Waals surface area contributed by atoms with E-state index >= 15 is 0 Å². The van der Waals surface area contributed by atoms with Crippen LogP contribution in [0.4, 0.5) is 15.8 Å². The molecule has 0 atom stereocenters. The number of nitrogens with one attached hydrogen (secondary N) is 1. The van der Waals surface area contributed by atoms with Crippen LogP contribution in [0.5, 0.6) is 0 Å². The molecule has 0 saturated heterocycles. The van der Waals surface area contributed by atoms with Gasteiger partial charge in [0, 0.05) is 22.8 Å². The van der Waals surface area contributed by atoms with Crippen molar-refractivity contribution in [2.75, 3.05) is 5.32 Å². The fourth-order valence-electron chi connectivity index (χ4n) is 1.86. The molecule has 0 aliphatic carbocycles. The first-order chi connectivity index (χ1) is 9.52. The minimum absolute atomic E-state index is 0.189. The summed E-state index contributed by atoms with van der Waals surface area (Å²) >= 11 is 6.04. The van der Waals surface area contributed by atoms with Gasteiger partial charge in [0.2, 0.25) is 0 Å². The van der Waals surface area contributed by atoms with Gasteiger partial charge in [-0.3, -0.25) is 4.79 Å². The van der Waals surface area contributed by atoms with E-state index in [0.29, 0.717) is 16.3 Å². The SMILES string of the molecule is NCc1c(Cl)cccc1Nc1cc(F)ccc1C(N)=O. The van der Waals surface area contributed by atoms with Crippen LogP contribution in [0.2, 0.25) is 5.02 Å². The van der Waals surface area contributed by atoms with E-state index in [2.05, 4.69) is 5.32 Å². The minimum atomic E-state index is -0.649. The monoisotopic (exact) mass is 293 g/mol. The van der Waals surface area contributed by atoms with Gasteiger partial charge in [0.25, 0.3) is 5.91 Å². The molecule has 0 unspecified atom stereocenters. The Labute approximate surface area is 120 Å². The molecule has 2 aromatic carbocycles. The largest absolute Gasteiger partial charge is 0.366 e. The van der Waals surface area contributed by atoms with Crippen molar-refractivity contribution in [3.8, 4) is 0 Å². The van der Waals surface area contributed by atoms with Crippen LogP contribution in [0, 0.1) is 5.82 Å². The average molecular weight is 294 g/mol. The molecule has 1 amide bonds. The molecule has 0 heterocycles. The number of primary amides is 1. The molecular formula is C14H13ClFN3O. The van der Waals surface area contributed by atoms with Crippen LogP contribution in [-0.2, 0) is 6.54 Å². The molecule has 104 valence electrons. The van der Waals surface area contributed by atoms with E-state index in [4.69, 9.17) is 23.1 Å². The van der Waals surface area contributed by atoms with Crippen molar-refractivity contribution in [3.05, 3.63) is 58.4 Å². The predicted octanol–water partition coefficient (Wildman–Crippen LogP) is 2.78. The molecule has 2 aromatic rings.